The summed E-state index contributed by atoms with van der Waals surface area (Å²) in [6.07, 6.45) is 0. The molecule has 0 amide bonds. The third kappa shape index (κ3) is 4.37. The minimum atomic E-state index is 0.184. The molecule has 1 aromatic rings. The molecule has 1 rings (SSSR count). The van der Waals surface area contributed by atoms with Gasteiger partial charge in [0, 0.05) is 19.2 Å². The van der Waals surface area contributed by atoms with Crippen LogP contribution in [0.1, 0.15) is 19.4 Å². The molecule has 0 radical (unpaired) electrons. The number of rotatable bonds is 7. The van der Waals surface area contributed by atoms with Crippen LogP contribution in [0.5, 0.6) is 11.5 Å². The van der Waals surface area contributed by atoms with Crippen LogP contribution in [0.4, 0.5) is 0 Å². The summed E-state index contributed by atoms with van der Waals surface area (Å²) in [5.41, 5.74) is 1.10. The van der Waals surface area contributed by atoms with Crippen LogP contribution in [-0.2, 0) is 6.54 Å². The van der Waals surface area contributed by atoms with Crippen molar-refractivity contribution in [2.24, 2.45) is 5.92 Å². The van der Waals surface area contributed by atoms with Crippen LogP contribution < -0.4 is 14.8 Å². The van der Waals surface area contributed by atoms with Gasteiger partial charge in [-0.2, -0.15) is 0 Å². The number of benzene rings is 1. The van der Waals surface area contributed by atoms with Crippen LogP contribution in [-0.4, -0.2) is 32.0 Å². The number of ether oxygens (including phenoxy) is 2. The molecule has 0 aliphatic rings. The third-order valence-corrected chi connectivity index (χ3v) is 3.85. The first kappa shape index (κ1) is 16.3. The number of methoxy groups -OCH3 is 2. The van der Waals surface area contributed by atoms with Gasteiger partial charge in [-0.25, -0.2) is 0 Å². The average Bonchev–Trinajstić information content (AvgIpc) is 2.42. The minimum Gasteiger partial charge on any atom is -0.493 e. The predicted octanol–water partition coefficient (Wildman–Crippen LogP) is 2.57. The largest absolute Gasteiger partial charge is 0.493 e. The number of halogens is 1. The number of aliphatic hydroxyl groups excluding tert-OH is 1. The molecule has 108 valence electrons. The van der Waals surface area contributed by atoms with E-state index >= 15 is 0 Å². The van der Waals surface area contributed by atoms with Crippen molar-refractivity contribution in [2.45, 2.75) is 26.4 Å². The topological polar surface area (TPSA) is 50.7 Å². The summed E-state index contributed by atoms with van der Waals surface area (Å²) < 4.78 is 11.5. The second-order valence-electron chi connectivity index (χ2n) is 4.64. The molecule has 1 aromatic carbocycles. The Morgan fingerprint density at radius 1 is 1.26 bits per heavy atom. The SMILES string of the molecule is COc1cc(CNC(C)C(C)CO)cc(Br)c1OC. The van der Waals surface area contributed by atoms with E-state index in [1.807, 2.05) is 19.1 Å². The van der Waals surface area contributed by atoms with E-state index in [1.165, 1.54) is 0 Å². The Balaban J connectivity index is 2.77. The van der Waals surface area contributed by atoms with Crippen molar-refractivity contribution in [3.8, 4) is 11.5 Å². The zero-order chi connectivity index (χ0) is 14.4. The highest BCUT2D eigenvalue weighted by Gasteiger charge is 2.13. The molecule has 0 fully saturated rings. The molecule has 4 nitrogen and oxygen atoms in total. The molecule has 2 N–H and O–H groups in total. The molecule has 5 heteroatoms. The summed E-state index contributed by atoms with van der Waals surface area (Å²) in [6.45, 7) is 4.98. The van der Waals surface area contributed by atoms with Crippen LogP contribution in [0.3, 0.4) is 0 Å². The summed E-state index contributed by atoms with van der Waals surface area (Å²) in [5.74, 6) is 1.63. The monoisotopic (exact) mass is 331 g/mol. The molecular weight excluding hydrogens is 310 g/mol. The lowest BCUT2D eigenvalue weighted by Gasteiger charge is -2.20. The van der Waals surface area contributed by atoms with E-state index in [0.717, 1.165) is 10.0 Å². The summed E-state index contributed by atoms with van der Waals surface area (Å²) in [4.78, 5) is 0. The molecule has 19 heavy (non-hydrogen) atoms. The first-order valence-corrected chi connectivity index (χ1v) is 7.07. The Labute approximate surface area is 123 Å². The quantitative estimate of drug-likeness (QED) is 0.806. The van der Waals surface area contributed by atoms with E-state index in [0.29, 0.717) is 18.0 Å². The molecule has 0 heterocycles. The van der Waals surface area contributed by atoms with E-state index in [1.54, 1.807) is 14.2 Å². The predicted molar refractivity (Wildman–Crippen MR) is 79.8 cm³/mol. The number of hydrogen-bond donors (Lipinski definition) is 2. The maximum atomic E-state index is 9.11. The lowest BCUT2D eigenvalue weighted by atomic mass is 10.0. The maximum absolute atomic E-state index is 9.11. The number of nitrogens with one attached hydrogen (secondary N) is 1. The molecule has 0 aliphatic carbocycles. The summed E-state index contributed by atoms with van der Waals surface area (Å²) in [7, 11) is 3.24. The van der Waals surface area contributed by atoms with Crippen molar-refractivity contribution in [2.75, 3.05) is 20.8 Å². The van der Waals surface area contributed by atoms with Crippen molar-refractivity contribution in [3.05, 3.63) is 22.2 Å². The van der Waals surface area contributed by atoms with Crippen LogP contribution in [0.2, 0.25) is 0 Å². The standard InChI is InChI=1S/C14H22BrNO3/c1-9(8-17)10(2)16-7-11-5-12(15)14(19-4)13(6-11)18-3/h5-6,9-10,16-17H,7-8H2,1-4H3. The molecule has 2 atom stereocenters. The van der Waals surface area contributed by atoms with Gasteiger partial charge < -0.3 is 19.9 Å². The molecule has 0 bridgehead atoms. The van der Waals surface area contributed by atoms with Crippen molar-refractivity contribution in [1.29, 1.82) is 0 Å². The first-order valence-electron chi connectivity index (χ1n) is 6.28. The molecule has 0 aromatic heterocycles. The second-order valence-corrected chi connectivity index (χ2v) is 5.50. The van der Waals surface area contributed by atoms with Crippen molar-refractivity contribution in [1.82, 2.24) is 5.32 Å². The molecule has 0 spiro atoms. The van der Waals surface area contributed by atoms with Crippen molar-refractivity contribution in [3.63, 3.8) is 0 Å². The van der Waals surface area contributed by atoms with Gasteiger partial charge in [-0.3, -0.25) is 0 Å². The highest BCUT2D eigenvalue weighted by atomic mass is 79.9. The highest BCUT2D eigenvalue weighted by Crippen LogP contribution is 2.36. The highest BCUT2D eigenvalue weighted by molar-refractivity contribution is 9.10. The molecule has 0 aliphatic heterocycles. The Morgan fingerprint density at radius 2 is 1.95 bits per heavy atom. The zero-order valence-electron chi connectivity index (χ0n) is 11.9. The van der Waals surface area contributed by atoms with Crippen LogP contribution in [0.25, 0.3) is 0 Å². The maximum Gasteiger partial charge on any atom is 0.174 e. The van der Waals surface area contributed by atoms with Gasteiger partial charge in [-0.15, -0.1) is 0 Å². The lowest BCUT2D eigenvalue weighted by Crippen LogP contribution is -2.33. The molecule has 0 saturated heterocycles. The number of aliphatic hydroxyl groups is 1. The zero-order valence-corrected chi connectivity index (χ0v) is 13.5. The lowest BCUT2D eigenvalue weighted by molar-refractivity contribution is 0.207. The van der Waals surface area contributed by atoms with E-state index in [9.17, 15) is 0 Å². The fourth-order valence-corrected chi connectivity index (χ4v) is 2.36. The first-order chi connectivity index (χ1) is 9.03. The van der Waals surface area contributed by atoms with Gasteiger partial charge in [0.1, 0.15) is 0 Å². The Morgan fingerprint density at radius 3 is 2.47 bits per heavy atom. The average molecular weight is 332 g/mol. The summed E-state index contributed by atoms with van der Waals surface area (Å²) in [6, 6.07) is 4.20. The normalized spacial score (nSPS) is 14.0. The summed E-state index contributed by atoms with van der Waals surface area (Å²) in [5, 5.41) is 12.5. The van der Waals surface area contributed by atoms with E-state index in [2.05, 4.69) is 28.2 Å². The van der Waals surface area contributed by atoms with Crippen LogP contribution in [0.15, 0.2) is 16.6 Å². The molecule has 0 saturated carbocycles. The fraction of sp³-hybridized carbons (Fsp3) is 0.571. The van der Waals surface area contributed by atoms with Crippen molar-refractivity contribution < 1.29 is 14.6 Å². The Bertz CT molecular complexity index is 412. The van der Waals surface area contributed by atoms with Crippen LogP contribution in [0, 0.1) is 5.92 Å². The third-order valence-electron chi connectivity index (χ3n) is 3.26. The smallest absolute Gasteiger partial charge is 0.174 e. The van der Waals surface area contributed by atoms with Gasteiger partial charge in [0.25, 0.3) is 0 Å². The van der Waals surface area contributed by atoms with Gasteiger partial charge in [-0.05, 0) is 46.5 Å². The molecular formula is C14H22BrNO3. The number of hydrogen-bond acceptors (Lipinski definition) is 4. The Hall–Kier alpha value is -0.780. The van der Waals surface area contributed by atoms with Gasteiger partial charge >= 0.3 is 0 Å². The Kier molecular flexibility index (Phi) is 6.62. The van der Waals surface area contributed by atoms with Gasteiger partial charge in [0.2, 0.25) is 0 Å². The minimum absolute atomic E-state index is 0.184. The van der Waals surface area contributed by atoms with E-state index < -0.39 is 0 Å². The van der Waals surface area contributed by atoms with Gasteiger partial charge in [0.15, 0.2) is 11.5 Å². The second kappa shape index (κ2) is 7.72. The van der Waals surface area contributed by atoms with Crippen LogP contribution >= 0.6 is 15.9 Å². The van der Waals surface area contributed by atoms with E-state index in [4.69, 9.17) is 14.6 Å². The molecule has 2 unspecified atom stereocenters. The fourth-order valence-electron chi connectivity index (χ4n) is 1.71. The summed E-state index contributed by atoms with van der Waals surface area (Å²) >= 11 is 3.48. The van der Waals surface area contributed by atoms with E-state index in [-0.39, 0.29) is 18.6 Å². The van der Waals surface area contributed by atoms with Gasteiger partial charge in [-0.1, -0.05) is 6.92 Å². The van der Waals surface area contributed by atoms with Crippen molar-refractivity contribution >= 4 is 15.9 Å². The van der Waals surface area contributed by atoms with Gasteiger partial charge in [0.05, 0.1) is 18.7 Å².